The van der Waals surface area contributed by atoms with Gasteiger partial charge in [0.05, 0.1) is 19.3 Å². The first-order chi connectivity index (χ1) is 12.5. The first-order valence-electron chi connectivity index (χ1n) is 8.56. The quantitative estimate of drug-likeness (QED) is 0.863. The predicted octanol–water partition coefficient (Wildman–Crippen LogP) is 1.69. The van der Waals surface area contributed by atoms with Gasteiger partial charge in [0, 0.05) is 44.2 Å². The van der Waals surface area contributed by atoms with Gasteiger partial charge in [0.1, 0.15) is 5.82 Å². The number of rotatable bonds is 5. The van der Waals surface area contributed by atoms with Gasteiger partial charge in [0.15, 0.2) is 0 Å². The van der Waals surface area contributed by atoms with Crippen LogP contribution in [0.3, 0.4) is 0 Å². The number of nitrogens with zero attached hydrogens (tertiary/aromatic N) is 4. The van der Waals surface area contributed by atoms with E-state index in [0.717, 1.165) is 5.56 Å². The van der Waals surface area contributed by atoms with E-state index in [1.807, 2.05) is 29.2 Å². The first kappa shape index (κ1) is 18.4. The van der Waals surface area contributed by atoms with Crippen molar-refractivity contribution in [3.63, 3.8) is 0 Å². The minimum Gasteiger partial charge on any atom is -0.340 e. The van der Waals surface area contributed by atoms with Crippen molar-refractivity contribution in [1.29, 1.82) is 0 Å². The third-order valence-corrected chi connectivity index (χ3v) is 4.82. The summed E-state index contributed by atoms with van der Waals surface area (Å²) in [6.07, 6.45) is 1.65. The second-order valence-electron chi connectivity index (χ2n) is 6.30. The van der Waals surface area contributed by atoms with Crippen LogP contribution in [-0.2, 0) is 16.1 Å². The van der Waals surface area contributed by atoms with Crippen molar-refractivity contribution in [3.8, 4) is 0 Å². The summed E-state index contributed by atoms with van der Waals surface area (Å²) in [5.41, 5.74) is 0.939. The summed E-state index contributed by atoms with van der Waals surface area (Å²) in [4.78, 5) is 27.6. The van der Waals surface area contributed by atoms with Crippen molar-refractivity contribution in [2.45, 2.75) is 13.5 Å². The van der Waals surface area contributed by atoms with E-state index in [-0.39, 0.29) is 11.8 Å². The number of carbonyl (C=O) groups is 2. The number of anilines is 1. The number of hydrogen-bond acceptors (Lipinski definition) is 4. The van der Waals surface area contributed by atoms with Crippen molar-refractivity contribution >= 4 is 29.2 Å². The van der Waals surface area contributed by atoms with Crippen LogP contribution < -0.4 is 5.32 Å². The lowest BCUT2D eigenvalue weighted by Gasteiger charge is -2.33. The Morgan fingerprint density at radius 1 is 1.15 bits per heavy atom. The van der Waals surface area contributed by atoms with E-state index in [4.69, 9.17) is 11.6 Å². The highest BCUT2D eigenvalue weighted by Crippen LogP contribution is 2.18. The van der Waals surface area contributed by atoms with Gasteiger partial charge < -0.3 is 10.2 Å². The van der Waals surface area contributed by atoms with E-state index in [0.29, 0.717) is 50.1 Å². The van der Waals surface area contributed by atoms with Gasteiger partial charge in [0.25, 0.3) is 0 Å². The smallest absolute Gasteiger partial charge is 0.239 e. The highest BCUT2D eigenvalue weighted by molar-refractivity contribution is 6.31. The van der Waals surface area contributed by atoms with Crippen LogP contribution in [0, 0.1) is 0 Å². The molecule has 0 atom stereocenters. The molecule has 3 rings (SSSR count). The number of hydrogen-bond donors (Lipinski definition) is 1. The van der Waals surface area contributed by atoms with Gasteiger partial charge in [-0.25, -0.2) is 4.68 Å². The SMILES string of the molecule is CC(=O)N1CCN(CC(=O)Nc2ccnn2Cc2ccccc2Cl)CC1. The molecule has 1 saturated heterocycles. The monoisotopic (exact) mass is 375 g/mol. The molecule has 2 heterocycles. The van der Waals surface area contributed by atoms with Crippen LogP contribution in [0.25, 0.3) is 0 Å². The number of piperazine rings is 1. The Labute approximate surface area is 157 Å². The van der Waals surface area contributed by atoms with Gasteiger partial charge in [-0.2, -0.15) is 5.10 Å². The Hall–Kier alpha value is -2.38. The maximum atomic E-state index is 12.4. The van der Waals surface area contributed by atoms with Crippen molar-refractivity contribution in [2.24, 2.45) is 0 Å². The van der Waals surface area contributed by atoms with Crippen LogP contribution >= 0.6 is 11.6 Å². The lowest BCUT2D eigenvalue weighted by Crippen LogP contribution is -2.49. The number of benzene rings is 1. The van der Waals surface area contributed by atoms with Gasteiger partial charge >= 0.3 is 0 Å². The van der Waals surface area contributed by atoms with E-state index in [1.165, 1.54) is 0 Å². The summed E-state index contributed by atoms with van der Waals surface area (Å²) >= 11 is 6.20. The van der Waals surface area contributed by atoms with E-state index >= 15 is 0 Å². The third-order valence-electron chi connectivity index (χ3n) is 4.45. The minimum atomic E-state index is -0.0952. The molecule has 7 nitrogen and oxygen atoms in total. The average molecular weight is 376 g/mol. The molecule has 8 heteroatoms. The number of halogens is 1. The van der Waals surface area contributed by atoms with Crippen LogP contribution in [-0.4, -0.2) is 64.1 Å². The fraction of sp³-hybridized carbons (Fsp3) is 0.389. The van der Waals surface area contributed by atoms with E-state index in [1.54, 1.807) is 28.8 Å². The lowest BCUT2D eigenvalue weighted by atomic mass is 10.2. The van der Waals surface area contributed by atoms with Gasteiger partial charge in [-0.05, 0) is 11.6 Å². The van der Waals surface area contributed by atoms with Gasteiger partial charge in [-0.1, -0.05) is 29.8 Å². The molecule has 2 amide bonds. The number of nitrogens with one attached hydrogen (secondary N) is 1. The van der Waals surface area contributed by atoms with Gasteiger partial charge in [-0.15, -0.1) is 0 Å². The first-order valence-corrected chi connectivity index (χ1v) is 8.93. The Bertz CT molecular complexity index is 783. The topological polar surface area (TPSA) is 70.5 Å². The molecule has 26 heavy (non-hydrogen) atoms. The molecular formula is C18H22ClN5O2. The highest BCUT2D eigenvalue weighted by atomic mass is 35.5. The standard InChI is InChI=1S/C18H22ClN5O2/c1-14(25)23-10-8-22(9-11-23)13-18(26)21-17-6-7-20-24(17)12-15-4-2-3-5-16(15)19/h2-7H,8-13H2,1H3,(H,21,26). The summed E-state index contributed by atoms with van der Waals surface area (Å²) < 4.78 is 1.72. The second kappa shape index (κ2) is 8.33. The van der Waals surface area contributed by atoms with Gasteiger partial charge in [-0.3, -0.25) is 14.5 Å². The largest absolute Gasteiger partial charge is 0.340 e. The number of carbonyl (C=O) groups excluding carboxylic acids is 2. The molecule has 1 aliphatic heterocycles. The zero-order valence-corrected chi connectivity index (χ0v) is 15.4. The Morgan fingerprint density at radius 3 is 2.58 bits per heavy atom. The fourth-order valence-corrected chi connectivity index (χ4v) is 3.15. The van der Waals surface area contributed by atoms with E-state index in [2.05, 4.69) is 10.4 Å². The molecule has 1 aliphatic rings. The molecule has 1 aromatic carbocycles. The molecule has 1 aromatic heterocycles. The van der Waals surface area contributed by atoms with Crippen molar-refractivity contribution in [3.05, 3.63) is 47.1 Å². The van der Waals surface area contributed by atoms with Crippen molar-refractivity contribution in [1.82, 2.24) is 19.6 Å². The van der Waals surface area contributed by atoms with E-state index < -0.39 is 0 Å². The zero-order valence-electron chi connectivity index (χ0n) is 14.7. The molecule has 1 N–H and O–H groups in total. The Kier molecular flexibility index (Phi) is 5.90. The molecule has 0 radical (unpaired) electrons. The molecule has 0 saturated carbocycles. The molecule has 2 aromatic rings. The summed E-state index contributed by atoms with van der Waals surface area (Å²) in [6, 6.07) is 9.33. The molecule has 0 spiro atoms. The Balaban J connectivity index is 1.55. The zero-order chi connectivity index (χ0) is 18.5. The summed E-state index contributed by atoms with van der Waals surface area (Å²) in [7, 11) is 0. The molecule has 0 bridgehead atoms. The summed E-state index contributed by atoms with van der Waals surface area (Å²) in [6.45, 7) is 5.07. The molecular weight excluding hydrogens is 354 g/mol. The second-order valence-corrected chi connectivity index (χ2v) is 6.70. The molecule has 1 fully saturated rings. The normalized spacial score (nSPS) is 15.1. The van der Waals surface area contributed by atoms with Crippen LogP contribution in [0.1, 0.15) is 12.5 Å². The molecule has 0 unspecified atom stereocenters. The van der Waals surface area contributed by atoms with Crippen molar-refractivity contribution < 1.29 is 9.59 Å². The van der Waals surface area contributed by atoms with Crippen LogP contribution in [0.2, 0.25) is 5.02 Å². The maximum Gasteiger partial charge on any atom is 0.239 e. The van der Waals surface area contributed by atoms with Gasteiger partial charge in [0.2, 0.25) is 11.8 Å². The van der Waals surface area contributed by atoms with Crippen LogP contribution in [0.4, 0.5) is 5.82 Å². The van der Waals surface area contributed by atoms with Crippen LogP contribution in [0.5, 0.6) is 0 Å². The van der Waals surface area contributed by atoms with Crippen molar-refractivity contribution in [2.75, 3.05) is 38.0 Å². The molecule has 138 valence electrons. The fourth-order valence-electron chi connectivity index (χ4n) is 2.96. The van der Waals surface area contributed by atoms with Crippen LogP contribution in [0.15, 0.2) is 36.5 Å². The molecule has 0 aliphatic carbocycles. The lowest BCUT2D eigenvalue weighted by molar-refractivity contribution is -0.130. The predicted molar refractivity (Wildman–Crippen MR) is 100 cm³/mol. The summed E-state index contributed by atoms with van der Waals surface area (Å²) in [5, 5.41) is 7.85. The maximum absolute atomic E-state index is 12.4. The summed E-state index contributed by atoms with van der Waals surface area (Å²) in [5.74, 6) is 0.622. The number of amides is 2. The highest BCUT2D eigenvalue weighted by Gasteiger charge is 2.20. The minimum absolute atomic E-state index is 0.0811. The van der Waals surface area contributed by atoms with E-state index in [9.17, 15) is 9.59 Å². The number of aromatic nitrogens is 2. The average Bonchev–Trinajstić information content (AvgIpc) is 3.04. The third kappa shape index (κ3) is 4.62. The Morgan fingerprint density at radius 2 is 1.88 bits per heavy atom.